The van der Waals surface area contributed by atoms with Crippen molar-refractivity contribution in [1.82, 2.24) is 4.98 Å². The first kappa shape index (κ1) is 16.0. The van der Waals surface area contributed by atoms with E-state index >= 15 is 0 Å². The van der Waals surface area contributed by atoms with E-state index in [1.807, 2.05) is 0 Å². The van der Waals surface area contributed by atoms with Crippen molar-refractivity contribution in [3.8, 4) is 0 Å². The van der Waals surface area contributed by atoms with Crippen molar-refractivity contribution >= 4 is 29.1 Å². The summed E-state index contributed by atoms with van der Waals surface area (Å²) in [5.74, 6) is -1.47. The molecule has 0 aliphatic carbocycles. The number of hydrogen-bond donors (Lipinski definition) is 1. The Labute approximate surface area is 131 Å². The third-order valence-electron chi connectivity index (χ3n) is 3.20. The van der Waals surface area contributed by atoms with Crippen molar-refractivity contribution in [3.05, 3.63) is 44.9 Å². The number of esters is 2. The van der Waals surface area contributed by atoms with Crippen LogP contribution in [0.1, 0.15) is 42.5 Å². The van der Waals surface area contributed by atoms with Gasteiger partial charge in [-0.1, -0.05) is 0 Å². The van der Waals surface area contributed by atoms with E-state index in [4.69, 9.17) is 4.74 Å². The average molecular weight is 321 g/mol. The normalized spacial score (nSPS) is 10.3. The molecule has 0 radical (unpaired) electrons. The lowest BCUT2D eigenvalue weighted by molar-refractivity contribution is 0.0473. The molecule has 0 atom stereocenters. The lowest BCUT2D eigenvalue weighted by Gasteiger charge is -2.03. The van der Waals surface area contributed by atoms with Crippen molar-refractivity contribution in [1.29, 1.82) is 0 Å². The maximum Gasteiger partial charge on any atom is 0.339 e. The number of aromatic nitrogens is 1. The second-order valence-electron chi connectivity index (χ2n) is 4.63. The fraction of sp³-hybridized carbons (Fsp3) is 0.267. The number of thiophene rings is 1. The van der Waals surface area contributed by atoms with E-state index in [0.717, 1.165) is 0 Å². The van der Waals surface area contributed by atoms with E-state index in [2.05, 4.69) is 9.72 Å². The summed E-state index contributed by atoms with van der Waals surface area (Å²) in [7, 11) is 1.28. The first-order valence-electron chi connectivity index (χ1n) is 6.45. The summed E-state index contributed by atoms with van der Waals surface area (Å²) in [6.45, 7) is 2.92. The van der Waals surface area contributed by atoms with Crippen LogP contribution in [-0.2, 0) is 9.47 Å². The molecule has 0 aliphatic rings. The lowest BCUT2D eigenvalue weighted by Crippen LogP contribution is -2.15. The summed E-state index contributed by atoms with van der Waals surface area (Å²) in [6.07, 6.45) is 0. The van der Waals surface area contributed by atoms with Gasteiger partial charge in [0.15, 0.2) is 6.61 Å². The second kappa shape index (κ2) is 6.57. The molecule has 0 saturated heterocycles. The Kier molecular flexibility index (Phi) is 4.77. The average Bonchev–Trinajstić information content (AvgIpc) is 3.12. The monoisotopic (exact) mass is 321 g/mol. The molecular weight excluding hydrogens is 306 g/mol. The predicted molar refractivity (Wildman–Crippen MR) is 80.5 cm³/mol. The summed E-state index contributed by atoms with van der Waals surface area (Å²) in [5.41, 5.74) is 2.01. The third-order valence-corrected chi connectivity index (χ3v) is 3.88. The molecule has 0 saturated carbocycles. The first-order chi connectivity index (χ1) is 10.5. The number of hydrogen-bond acceptors (Lipinski definition) is 6. The van der Waals surface area contributed by atoms with Gasteiger partial charge in [-0.05, 0) is 30.9 Å². The van der Waals surface area contributed by atoms with Crippen LogP contribution in [0.3, 0.4) is 0 Å². The molecule has 0 spiro atoms. The van der Waals surface area contributed by atoms with Crippen LogP contribution in [0.15, 0.2) is 16.8 Å². The van der Waals surface area contributed by atoms with Crippen LogP contribution < -0.4 is 0 Å². The van der Waals surface area contributed by atoms with E-state index in [1.165, 1.54) is 18.4 Å². The van der Waals surface area contributed by atoms with Crippen molar-refractivity contribution < 1.29 is 23.9 Å². The molecule has 2 heterocycles. The SMILES string of the molecule is COC(=O)c1c(C)[nH]c(C(=O)COC(=O)c2ccsc2)c1C. The highest BCUT2D eigenvalue weighted by molar-refractivity contribution is 7.08. The van der Waals surface area contributed by atoms with Gasteiger partial charge >= 0.3 is 11.9 Å². The van der Waals surface area contributed by atoms with Crippen LogP contribution in [0.25, 0.3) is 0 Å². The van der Waals surface area contributed by atoms with Gasteiger partial charge in [0, 0.05) is 11.1 Å². The van der Waals surface area contributed by atoms with Gasteiger partial charge in [-0.2, -0.15) is 11.3 Å². The second-order valence-corrected chi connectivity index (χ2v) is 5.41. The zero-order valence-electron chi connectivity index (χ0n) is 12.4. The van der Waals surface area contributed by atoms with E-state index in [-0.39, 0.29) is 5.69 Å². The van der Waals surface area contributed by atoms with Gasteiger partial charge in [-0.3, -0.25) is 4.79 Å². The predicted octanol–water partition coefficient (Wildman–Crippen LogP) is 2.52. The van der Waals surface area contributed by atoms with Crippen molar-refractivity contribution in [2.24, 2.45) is 0 Å². The maximum atomic E-state index is 12.2. The molecule has 0 fully saturated rings. The van der Waals surface area contributed by atoms with Crippen molar-refractivity contribution in [2.75, 3.05) is 13.7 Å². The first-order valence-corrected chi connectivity index (χ1v) is 7.40. The molecule has 116 valence electrons. The summed E-state index contributed by atoms with van der Waals surface area (Å²) >= 11 is 1.37. The fourth-order valence-corrected chi connectivity index (χ4v) is 2.73. The number of aryl methyl sites for hydroxylation is 1. The molecule has 6 nitrogen and oxygen atoms in total. The minimum Gasteiger partial charge on any atom is -0.465 e. The molecule has 0 unspecified atom stereocenters. The number of ketones is 1. The molecule has 22 heavy (non-hydrogen) atoms. The highest BCUT2D eigenvalue weighted by Crippen LogP contribution is 2.19. The quantitative estimate of drug-likeness (QED) is 0.675. The number of Topliss-reactive ketones (excluding diaryl/α,β-unsaturated/α-hetero) is 1. The fourth-order valence-electron chi connectivity index (χ4n) is 2.10. The minimum atomic E-state index is -0.552. The molecule has 0 aliphatic heterocycles. The van der Waals surface area contributed by atoms with Crippen molar-refractivity contribution in [2.45, 2.75) is 13.8 Å². The number of carbonyl (C=O) groups excluding carboxylic acids is 3. The number of ether oxygens (including phenoxy) is 2. The van der Waals surface area contributed by atoms with Crippen LogP contribution in [-0.4, -0.2) is 36.4 Å². The molecular formula is C15H15NO5S. The summed E-state index contributed by atoms with van der Waals surface area (Å²) in [5, 5.41) is 3.39. The molecule has 2 aromatic rings. The van der Waals surface area contributed by atoms with Gasteiger partial charge in [-0.15, -0.1) is 0 Å². The Bertz CT molecular complexity index is 715. The van der Waals surface area contributed by atoms with Gasteiger partial charge in [-0.25, -0.2) is 9.59 Å². The Balaban J connectivity index is 2.10. The van der Waals surface area contributed by atoms with Gasteiger partial charge in [0.05, 0.1) is 23.9 Å². The Hall–Kier alpha value is -2.41. The Morgan fingerprint density at radius 2 is 1.95 bits per heavy atom. The molecule has 0 bridgehead atoms. The number of aromatic amines is 1. The van der Waals surface area contributed by atoms with Gasteiger partial charge in [0.25, 0.3) is 0 Å². The summed E-state index contributed by atoms with van der Waals surface area (Å²) in [4.78, 5) is 38.4. The van der Waals surface area contributed by atoms with Gasteiger partial charge in [0.2, 0.25) is 5.78 Å². The van der Waals surface area contributed by atoms with Gasteiger partial charge in [0.1, 0.15) is 0 Å². The molecule has 0 aromatic carbocycles. The van der Waals surface area contributed by atoms with Crippen LogP contribution >= 0.6 is 11.3 Å². The topological polar surface area (TPSA) is 85.5 Å². The number of nitrogens with one attached hydrogen (secondary N) is 1. The standard InChI is InChI=1S/C15H15NO5S/c1-8-12(15(19)20-3)9(2)16-13(8)11(17)6-21-14(18)10-4-5-22-7-10/h4-5,7,16H,6H2,1-3H3. The molecule has 0 amide bonds. The van der Waals surface area contributed by atoms with Crippen LogP contribution in [0.2, 0.25) is 0 Å². The highest BCUT2D eigenvalue weighted by Gasteiger charge is 2.23. The number of H-pyrrole nitrogens is 1. The summed E-state index contributed by atoms with van der Waals surface area (Å²) < 4.78 is 9.66. The smallest absolute Gasteiger partial charge is 0.339 e. The zero-order valence-corrected chi connectivity index (χ0v) is 13.2. The largest absolute Gasteiger partial charge is 0.465 e. The van der Waals surface area contributed by atoms with E-state index < -0.39 is 24.3 Å². The molecule has 2 rings (SSSR count). The summed E-state index contributed by atoms with van der Waals surface area (Å²) in [6, 6.07) is 1.62. The highest BCUT2D eigenvalue weighted by atomic mass is 32.1. The number of carbonyl (C=O) groups is 3. The van der Waals surface area contributed by atoms with E-state index in [9.17, 15) is 14.4 Å². The third kappa shape index (κ3) is 3.09. The Morgan fingerprint density at radius 1 is 1.23 bits per heavy atom. The number of rotatable bonds is 5. The van der Waals surface area contributed by atoms with E-state index in [1.54, 1.807) is 30.7 Å². The van der Waals surface area contributed by atoms with Crippen molar-refractivity contribution in [3.63, 3.8) is 0 Å². The minimum absolute atomic E-state index is 0.246. The molecule has 2 aromatic heterocycles. The van der Waals surface area contributed by atoms with E-state index in [0.29, 0.717) is 22.4 Å². The van der Waals surface area contributed by atoms with Crippen LogP contribution in [0, 0.1) is 13.8 Å². The molecule has 1 N–H and O–H groups in total. The van der Waals surface area contributed by atoms with Crippen LogP contribution in [0.5, 0.6) is 0 Å². The number of methoxy groups -OCH3 is 1. The zero-order chi connectivity index (χ0) is 16.3. The van der Waals surface area contributed by atoms with Gasteiger partial charge < -0.3 is 14.5 Å². The van der Waals surface area contributed by atoms with Crippen LogP contribution in [0.4, 0.5) is 0 Å². The lowest BCUT2D eigenvalue weighted by atomic mass is 10.1. The molecule has 7 heteroatoms. The maximum absolute atomic E-state index is 12.2. The Morgan fingerprint density at radius 3 is 2.55 bits per heavy atom.